The van der Waals surface area contributed by atoms with Crippen LogP contribution >= 0.6 is 0 Å². The van der Waals surface area contributed by atoms with Crippen molar-refractivity contribution in [1.29, 1.82) is 0 Å². The van der Waals surface area contributed by atoms with Gasteiger partial charge in [-0.05, 0) is 50.6 Å². The Hall–Kier alpha value is -1.88. The van der Waals surface area contributed by atoms with Crippen LogP contribution in [0.2, 0.25) is 0 Å². The number of amides is 2. The summed E-state index contributed by atoms with van der Waals surface area (Å²) in [5.41, 5.74) is 1.33. The Morgan fingerprint density at radius 2 is 2.05 bits per heavy atom. The number of benzene rings is 1. The predicted molar refractivity (Wildman–Crippen MR) is 78.7 cm³/mol. The number of hydrogen-bond donors (Lipinski definition) is 3. The molecule has 2 amide bonds. The molecule has 1 aromatic carbocycles. The fraction of sp³-hybridized carbons (Fsp3) is 0.467. The number of piperidine rings is 1. The number of carbonyl (C=O) groups is 2. The zero-order valence-electron chi connectivity index (χ0n) is 11.7. The molecule has 1 aliphatic heterocycles. The maximum Gasteiger partial charge on any atom is 0.251 e. The summed E-state index contributed by atoms with van der Waals surface area (Å²) in [7, 11) is 0. The van der Waals surface area contributed by atoms with Crippen LogP contribution in [0.3, 0.4) is 0 Å². The predicted octanol–water partition coefficient (Wildman–Crippen LogP) is 1.37. The Balaban J connectivity index is 1.92. The van der Waals surface area contributed by atoms with Crippen LogP contribution in [-0.2, 0) is 4.79 Å². The van der Waals surface area contributed by atoms with Gasteiger partial charge in [0.05, 0.1) is 5.92 Å². The topological polar surface area (TPSA) is 70.2 Å². The van der Waals surface area contributed by atoms with Crippen molar-refractivity contribution in [2.75, 3.05) is 25.0 Å². The second kappa shape index (κ2) is 7.05. The minimum atomic E-state index is -0.0955. The second-order valence-electron chi connectivity index (χ2n) is 4.97. The first-order valence-electron chi connectivity index (χ1n) is 7.10. The minimum Gasteiger partial charge on any atom is -0.352 e. The molecule has 1 atom stereocenters. The number of anilines is 1. The Bertz CT molecular complexity index is 465. The molecule has 0 radical (unpaired) electrons. The van der Waals surface area contributed by atoms with Crippen molar-refractivity contribution in [2.24, 2.45) is 5.92 Å². The Kier molecular flexibility index (Phi) is 5.12. The van der Waals surface area contributed by atoms with Gasteiger partial charge in [0.2, 0.25) is 5.91 Å². The fourth-order valence-electron chi connectivity index (χ4n) is 2.29. The summed E-state index contributed by atoms with van der Waals surface area (Å²) >= 11 is 0. The van der Waals surface area contributed by atoms with Gasteiger partial charge in [-0.3, -0.25) is 9.59 Å². The Labute approximate surface area is 119 Å². The average Bonchev–Trinajstić information content (AvgIpc) is 2.49. The van der Waals surface area contributed by atoms with E-state index in [9.17, 15) is 9.59 Å². The van der Waals surface area contributed by atoms with Gasteiger partial charge < -0.3 is 16.0 Å². The Morgan fingerprint density at radius 1 is 1.30 bits per heavy atom. The first kappa shape index (κ1) is 14.5. The van der Waals surface area contributed by atoms with E-state index in [1.165, 1.54) is 0 Å². The summed E-state index contributed by atoms with van der Waals surface area (Å²) in [4.78, 5) is 23.7. The summed E-state index contributed by atoms with van der Waals surface area (Å²) in [5, 5.41) is 8.86. The number of rotatable bonds is 4. The van der Waals surface area contributed by atoms with Crippen LogP contribution in [0.4, 0.5) is 5.69 Å². The lowest BCUT2D eigenvalue weighted by Crippen LogP contribution is -2.37. The average molecular weight is 275 g/mol. The van der Waals surface area contributed by atoms with Gasteiger partial charge in [0.15, 0.2) is 0 Å². The lowest BCUT2D eigenvalue weighted by atomic mass is 9.99. The zero-order valence-corrected chi connectivity index (χ0v) is 11.7. The van der Waals surface area contributed by atoms with Crippen molar-refractivity contribution >= 4 is 17.5 Å². The van der Waals surface area contributed by atoms with Gasteiger partial charge in [-0.25, -0.2) is 0 Å². The molecule has 1 aliphatic rings. The van der Waals surface area contributed by atoms with Crippen molar-refractivity contribution < 1.29 is 9.59 Å². The fourth-order valence-corrected chi connectivity index (χ4v) is 2.29. The number of carbonyl (C=O) groups excluding carboxylic acids is 2. The van der Waals surface area contributed by atoms with E-state index in [0.29, 0.717) is 12.1 Å². The molecule has 108 valence electrons. The van der Waals surface area contributed by atoms with Crippen molar-refractivity contribution in [3.05, 3.63) is 29.8 Å². The smallest absolute Gasteiger partial charge is 0.251 e. The van der Waals surface area contributed by atoms with E-state index in [2.05, 4.69) is 16.0 Å². The lowest BCUT2D eigenvalue weighted by Gasteiger charge is -2.21. The van der Waals surface area contributed by atoms with E-state index in [1.54, 1.807) is 24.3 Å². The quantitative estimate of drug-likeness (QED) is 0.777. The highest BCUT2D eigenvalue weighted by molar-refractivity contribution is 5.96. The third kappa shape index (κ3) is 3.81. The highest BCUT2D eigenvalue weighted by Gasteiger charge is 2.20. The van der Waals surface area contributed by atoms with Crippen molar-refractivity contribution in [3.8, 4) is 0 Å². The zero-order chi connectivity index (χ0) is 14.4. The number of hydrogen-bond acceptors (Lipinski definition) is 3. The van der Waals surface area contributed by atoms with E-state index in [4.69, 9.17) is 0 Å². The van der Waals surface area contributed by atoms with Crippen LogP contribution in [-0.4, -0.2) is 31.4 Å². The van der Waals surface area contributed by atoms with Gasteiger partial charge in [0.1, 0.15) is 0 Å². The maximum absolute atomic E-state index is 12.1. The molecule has 0 aliphatic carbocycles. The molecule has 1 heterocycles. The third-order valence-corrected chi connectivity index (χ3v) is 3.42. The molecule has 0 unspecified atom stereocenters. The summed E-state index contributed by atoms with van der Waals surface area (Å²) in [5.74, 6) is -0.0170. The molecule has 0 aromatic heterocycles. The first-order chi connectivity index (χ1) is 9.70. The molecule has 0 bridgehead atoms. The van der Waals surface area contributed by atoms with Gasteiger partial charge in [-0.2, -0.15) is 0 Å². The van der Waals surface area contributed by atoms with Crippen molar-refractivity contribution in [3.63, 3.8) is 0 Å². The largest absolute Gasteiger partial charge is 0.352 e. The summed E-state index contributed by atoms with van der Waals surface area (Å²) in [6.07, 6.45) is 1.96. The molecule has 1 aromatic rings. The molecule has 1 fully saturated rings. The highest BCUT2D eigenvalue weighted by Crippen LogP contribution is 2.15. The molecule has 0 spiro atoms. The summed E-state index contributed by atoms with van der Waals surface area (Å²) < 4.78 is 0. The second-order valence-corrected chi connectivity index (χ2v) is 4.97. The van der Waals surface area contributed by atoms with Crippen LogP contribution in [0.5, 0.6) is 0 Å². The van der Waals surface area contributed by atoms with E-state index in [0.717, 1.165) is 31.6 Å². The van der Waals surface area contributed by atoms with Gasteiger partial charge >= 0.3 is 0 Å². The number of nitrogens with one attached hydrogen (secondary N) is 3. The van der Waals surface area contributed by atoms with Gasteiger partial charge in [0.25, 0.3) is 5.91 Å². The van der Waals surface area contributed by atoms with Crippen LogP contribution in [0.25, 0.3) is 0 Å². The maximum atomic E-state index is 12.1. The molecule has 3 N–H and O–H groups in total. The molecule has 5 heteroatoms. The molecule has 0 saturated carbocycles. The Morgan fingerprint density at radius 3 is 2.65 bits per heavy atom. The van der Waals surface area contributed by atoms with Crippen LogP contribution in [0.1, 0.15) is 30.1 Å². The van der Waals surface area contributed by atoms with Crippen LogP contribution < -0.4 is 16.0 Å². The van der Waals surface area contributed by atoms with E-state index >= 15 is 0 Å². The molecule has 5 nitrogen and oxygen atoms in total. The molecule has 2 rings (SSSR count). The molecular weight excluding hydrogens is 254 g/mol. The molecular formula is C15H21N3O2. The third-order valence-electron chi connectivity index (χ3n) is 3.42. The monoisotopic (exact) mass is 275 g/mol. The lowest BCUT2D eigenvalue weighted by molar-refractivity contribution is -0.120. The minimum absolute atomic E-state index is 0.0341. The van der Waals surface area contributed by atoms with E-state index < -0.39 is 0 Å². The SMILES string of the molecule is CCNC(=O)c1ccc(NC(=O)[C@@H]2CCCNC2)cc1. The van der Waals surface area contributed by atoms with E-state index in [-0.39, 0.29) is 17.7 Å². The van der Waals surface area contributed by atoms with Gasteiger partial charge in [0, 0.05) is 24.3 Å². The molecule has 20 heavy (non-hydrogen) atoms. The van der Waals surface area contributed by atoms with Crippen LogP contribution in [0, 0.1) is 5.92 Å². The van der Waals surface area contributed by atoms with Crippen molar-refractivity contribution in [2.45, 2.75) is 19.8 Å². The molecule has 1 saturated heterocycles. The normalized spacial score (nSPS) is 18.4. The van der Waals surface area contributed by atoms with Gasteiger partial charge in [-0.15, -0.1) is 0 Å². The summed E-state index contributed by atoms with van der Waals surface area (Å²) in [6.45, 7) is 4.21. The van der Waals surface area contributed by atoms with Crippen molar-refractivity contribution in [1.82, 2.24) is 10.6 Å². The first-order valence-corrected chi connectivity index (χ1v) is 7.10. The summed E-state index contributed by atoms with van der Waals surface area (Å²) in [6, 6.07) is 6.97. The van der Waals surface area contributed by atoms with Crippen LogP contribution in [0.15, 0.2) is 24.3 Å². The highest BCUT2D eigenvalue weighted by atomic mass is 16.2. The standard InChI is InChI=1S/C15H21N3O2/c1-2-17-14(19)11-5-7-13(8-6-11)18-15(20)12-4-3-9-16-10-12/h5-8,12,16H,2-4,9-10H2,1H3,(H,17,19)(H,18,20)/t12-/m1/s1. The van der Waals surface area contributed by atoms with Gasteiger partial charge in [-0.1, -0.05) is 0 Å². The van der Waals surface area contributed by atoms with E-state index in [1.807, 2.05) is 6.92 Å².